The summed E-state index contributed by atoms with van der Waals surface area (Å²) >= 11 is 0. The molecule has 0 aliphatic rings. The molecule has 0 saturated heterocycles. The van der Waals surface area contributed by atoms with Crippen LogP contribution in [-0.2, 0) is 23.7 Å². The third kappa shape index (κ3) is 3.66. The van der Waals surface area contributed by atoms with E-state index in [-0.39, 0.29) is 11.2 Å². The minimum absolute atomic E-state index is 0.0601. The number of aromatic nitrogens is 2. The number of hydrogen-bond acceptors (Lipinski definition) is 3. The molecule has 1 heterocycles. The van der Waals surface area contributed by atoms with E-state index in [0.29, 0.717) is 13.0 Å². The largest absolute Gasteiger partial charge is 0.334 e. The van der Waals surface area contributed by atoms with Crippen molar-refractivity contribution in [3.05, 3.63) is 17.7 Å². The van der Waals surface area contributed by atoms with Crippen LogP contribution >= 0.6 is 0 Å². The van der Waals surface area contributed by atoms with E-state index in [2.05, 4.69) is 25.8 Å². The smallest absolute Gasteiger partial charge is 0.154 e. The van der Waals surface area contributed by atoms with Gasteiger partial charge in [0.1, 0.15) is 5.82 Å². The van der Waals surface area contributed by atoms with Crippen LogP contribution in [0.3, 0.4) is 0 Å². The van der Waals surface area contributed by atoms with Crippen LogP contribution in [0, 0.1) is 0 Å². The van der Waals surface area contributed by atoms with E-state index in [1.54, 1.807) is 0 Å². The Hall–Kier alpha value is -1.16. The molecule has 0 aliphatic heterocycles. The lowest BCUT2D eigenvalue weighted by atomic mass is 9.93. The zero-order valence-corrected chi connectivity index (χ0v) is 11.7. The summed E-state index contributed by atoms with van der Waals surface area (Å²) in [6.07, 6.45) is 2.28. The van der Waals surface area contributed by atoms with E-state index in [1.807, 2.05) is 36.8 Å². The van der Waals surface area contributed by atoms with Gasteiger partial charge in [-0.3, -0.25) is 4.79 Å². The lowest BCUT2D eigenvalue weighted by Crippen LogP contribution is -2.24. The average molecular weight is 237 g/mol. The predicted molar refractivity (Wildman–Crippen MR) is 69.2 cm³/mol. The number of rotatable bonds is 4. The monoisotopic (exact) mass is 237 g/mol. The van der Waals surface area contributed by atoms with Crippen molar-refractivity contribution in [2.24, 2.45) is 7.05 Å². The van der Waals surface area contributed by atoms with Crippen LogP contribution in [0.25, 0.3) is 0 Å². The van der Waals surface area contributed by atoms with Gasteiger partial charge in [-0.2, -0.15) is 0 Å². The number of carbonyl (C=O) groups is 1. The molecular formula is C13H23N3O. The van der Waals surface area contributed by atoms with Crippen molar-refractivity contribution < 1.29 is 4.79 Å². The Labute approximate surface area is 104 Å². The summed E-state index contributed by atoms with van der Waals surface area (Å²) in [7, 11) is 5.78. The molecule has 4 heteroatoms. The van der Waals surface area contributed by atoms with Gasteiger partial charge in [0.05, 0.1) is 13.0 Å². The molecule has 0 aromatic carbocycles. The zero-order valence-electron chi connectivity index (χ0n) is 11.7. The average Bonchev–Trinajstić information content (AvgIpc) is 2.45. The SMILES string of the molecule is CN(C)CC(=O)Cc1ncc(C(C)(C)C)n1C. The maximum atomic E-state index is 11.7. The van der Waals surface area contributed by atoms with Gasteiger partial charge in [0.25, 0.3) is 0 Å². The number of Topliss-reactive ketones (excluding diaryl/α,β-unsaturated/α-hetero) is 1. The van der Waals surface area contributed by atoms with Crippen molar-refractivity contribution in [1.29, 1.82) is 0 Å². The summed E-state index contributed by atoms with van der Waals surface area (Å²) in [4.78, 5) is 18.0. The first kappa shape index (κ1) is 13.9. The number of nitrogens with zero attached hydrogens (tertiary/aromatic N) is 3. The Bertz CT molecular complexity index is 399. The summed E-state index contributed by atoms with van der Waals surface area (Å²) in [6, 6.07) is 0. The van der Waals surface area contributed by atoms with Crippen LogP contribution in [0.15, 0.2) is 6.20 Å². The Morgan fingerprint density at radius 3 is 2.41 bits per heavy atom. The highest BCUT2D eigenvalue weighted by Gasteiger charge is 2.20. The van der Waals surface area contributed by atoms with Gasteiger partial charge in [-0.1, -0.05) is 20.8 Å². The second-order valence-electron chi connectivity index (χ2n) is 5.82. The molecule has 0 amide bonds. The quantitative estimate of drug-likeness (QED) is 0.794. The lowest BCUT2D eigenvalue weighted by molar-refractivity contribution is -0.119. The summed E-state index contributed by atoms with van der Waals surface area (Å²) < 4.78 is 2.04. The molecule has 4 nitrogen and oxygen atoms in total. The first-order valence-electron chi connectivity index (χ1n) is 5.89. The standard InChI is InChI=1S/C13H23N3O/c1-13(2,3)11-8-14-12(16(11)6)7-10(17)9-15(4)5/h8H,7,9H2,1-6H3. The lowest BCUT2D eigenvalue weighted by Gasteiger charge is -2.19. The third-order valence-corrected chi connectivity index (χ3v) is 2.70. The van der Waals surface area contributed by atoms with E-state index >= 15 is 0 Å². The van der Waals surface area contributed by atoms with Gasteiger partial charge in [0.2, 0.25) is 0 Å². The second kappa shape index (κ2) is 5.00. The highest BCUT2D eigenvalue weighted by atomic mass is 16.1. The van der Waals surface area contributed by atoms with Crippen LogP contribution < -0.4 is 0 Å². The van der Waals surface area contributed by atoms with Crippen molar-refractivity contribution in [2.75, 3.05) is 20.6 Å². The minimum Gasteiger partial charge on any atom is -0.334 e. The molecule has 1 aromatic heterocycles. The highest BCUT2D eigenvalue weighted by Crippen LogP contribution is 2.22. The Balaban J connectivity index is 2.81. The van der Waals surface area contributed by atoms with Gasteiger partial charge < -0.3 is 9.47 Å². The number of likely N-dealkylation sites (N-methyl/N-ethyl adjacent to an activating group) is 1. The van der Waals surface area contributed by atoms with Crippen LogP contribution in [0.2, 0.25) is 0 Å². The fraction of sp³-hybridized carbons (Fsp3) is 0.692. The van der Waals surface area contributed by atoms with E-state index in [0.717, 1.165) is 11.5 Å². The van der Waals surface area contributed by atoms with Crippen molar-refractivity contribution in [1.82, 2.24) is 14.5 Å². The normalized spacial score (nSPS) is 12.2. The number of ketones is 1. The Morgan fingerprint density at radius 2 is 2.00 bits per heavy atom. The molecule has 17 heavy (non-hydrogen) atoms. The first-order chi connectivity index (χ1) is 7.71. The molecule has 1 rings (SSSR count). The van der Waals surface area contributed by atoms with E-state index in [1.165, 1.54) is 0 Å². The molecule has 0 aliphatic carbocycles. The number of imidazole rings is 1. The van der Waals surface area contributed by atoms with Gasteiger partial charge in [0, 0.05) is 24.4 Å². The molecule has 0 unspecified atom stereocenters. The fourth-order valence-corrected chi connectivity index (χ4v) is 1.89. The topological polar surface area (TPSA) is 38.1 Å². The van der Waals surface area contributed by atoms with Gasteiger partial charge in [-0.05, 0) is 14.1 Å². The van der Waals surface area contributed by atoms with Crippen LogP contribution in [0.1, 0.15) is 32.3 Å². The highest BCUT2D eigenvalue weighted by molar-refractivity contribution is 5.82. The van der Waals surface area contributed by atoms with Gasteiger partial charge in [0.15, 0.2) is 5.78 Å². The zero-order chi connectivity index (χ0) is 13.2. The predicted octanol–water partition coefficient (Wildman–Crippen LogP) is 1.39. The van der Waals surface area contributed by atoms with Gasteiger partial charge in [-0.25, -0.2) is 4.98 Å². The van der Waals surface area contributed by atoms with E-state index in [4.69, 9.17) is 0 Å². The molecule has 0 N–H and O–H groups in total. The second-order valence-corrected chi connectivity index (χ2v) is 5.82. The summed E-state index contributed by atoms with van der Waals surface area (Å²) in [5.74, 6) is 1.05. The summed E-state index contributed by atoms with van der Waals surface area (Å²) in [5.41, 5.74) is 1.22. The minimum atomic E-state index is 0.0601. The van der Waals surface area contributed by atoms with E-state index in [9.17, 15) is 4.79 Å². The fourth-order valence-electron chi connectivity index (χ4n) is 1.89. The number of carbonyl (C=O) groups excluding carboxylic acids is 1. The Morgan fingerprint density at radius 1 is 1.41 bits per heavy atom. The summed E-state index contributed by atoms with van der Waals surface area (Å²) in [5, 5.41) is 0. The van der Waals surface area contributed by atoms with Crippen molar-refractivity contribution in [3.8, 4) is 0 Å². The molecule has 1 aromatic rings. The molecule has 0 bridgehead atoms. The van der Waals surface area contributed by atoms with Crippen molar-refractivity contribution in [2.45, 2.75) is 32.6 Å². The van der Waals surface area contributed by atoms with Gasteiger partial charge in [-0.15, -0.1) is 0 Å². The summed E-state index contributed by atoms with van der Waals surface area (Å²) in [6.45, 7) is 6.91. The first-order valence-corrected chi connectivity index (χ1v) is 5.89. The molecule has 0 saturated carbocycles. The number of hydrogen-bond donors (Lipinski definition) is 0. The molecule has 0 spiro atoms. The molecule has 0 radical (unpaired) electrons. The van der Waals surface area contributed by atoms with Crippen molar-refractivity contribution in [3.63, 3.8) is 0 Å². The third-order valence-electron chi connectivity index (χ3n) is 2.70. The molecular weight excluding hydrogens is 214 g/mol. The van der Waals surface area contributed by atoms with Gasteiger partial charge >= 0.3 is 0 Å². The molecule has 0 atom stereocenters. The molecule has 0 fully saturated rings. The van der Waals surface area contributed by atoms with E-state index < -0.39 is 0 Å². The van der Waals surface area contributed by atoms with Crippen LogP contribution in [0.5, 0.6) is 0 Å². The Kier molecular flexibility index (Phi) is 4.09. The maximum Gasteiger partial charge on any atom is 0.154 e. The van der Waals surface area contributed by atoms with Crippen LogP contribution in [-0.4, -0.2) is 40.9 Å². The van der Waals surface area contributed by atoms with Crippen LogP contribution in [0.4, 0.5) is 0 Å². The maximum absolute atomic E-state index is 11.7. The van der Waals surface area contributed by atoms with Crippen molar-refractivity contribution >= 4 is 5.78 Å². The molecule has 96 valence electrons.